The largest absolute Gasteiger partial charge is 3.00 e. The van der Waals surface area contributed by atoms with Crippen LogP contribution in [0.25, 0.3) is 11.2 Å². The number of hydrogen-bond donors (Lipinski definition) is 1. The van der Waals surface area contributed by atoms with Crippen LogP contribution in [0.15, 0.2) is 11.3 Å². The molecule has 1 N–H and O–H groups in total. The SMILES string of the molecule is CN=c1n[c-][nH]c2c1ncn2C.[Y+3]. The van der Waals surface area contributed by atoms with Crippen LogP contribution in [-0.2, 0) is 39.8 Å². The van der Waals surface area contributed by atoms with Crippen LogP contribution in [0.3, 0.4) is 0 Å². The number of hydrogen-bond acceptors (Lipinski definition) is 3. The van der Waals surface area contributed by atoms with E-state index >= 15 is 0 Å². The van der Waals surface area contributed by atoms with Gasteiger partial charge in [-0.1, -0.05) is 0 Å². The second kappa shape index (κ2) is 4.11. The van der Waals surface area contributed by atoms with Gasteiger partial charge in [0.2, 0.25) is 0 Å². The summed E-state index contributed by atoms with van der Waals surface area (Å²) in [6.45, 7) is 0. The number of fused-ring (bicyclic) bond motifs is 1. The minimum absolute atomic E-state index is 0. The molecule has 0 aliphatic carbocycles. The van der Waals surface area contributed by atoms with E-state index in [1.54, 1.807) is 13.4 Å². The average Bonchev–Trinajstić information content (AvgIpc) is 2.48. The molecule has 0 fully saturated rings. The van der Waals surface area contributed by atoms with Gasteiger partial charge in [0.15, 0.2) is 0 Å². The van der Waals surface area contributed by atoms with E-state index < -0.39 is 0 Å². The molecule has 0 amide bonds. The molecule has 0 aromatic carbocycles. The summed E-state index contributed by atoms with van der Waals surface area (Å²) in [6.07, 6.45) is 4.37. The maximum atomic E-state index is 4.14. The third-order valence-corrected chi connectivity index (χ3v) is 1.70. The van der Waals surface area contributed by atoms with Crippen molar-refractivity contribution in [3.8, 4) is 0 Å². The van der Waals surface area contributed by atoms with Gasteiger partial charge >= 0.3 is 32.7 Å². The molecule has 5 nitrogen and oxygen atoms in total. The van der Waals surface area contributed by atoms with Crippen LogP contribution < -0.4 is 5.49 Å². The van der Waals surface area contributed by atoms with Gasteiger partial charge in [0.25, 0.3) is 0 Å². The zero-order chi connectivity index (χ0) is 8.55. The minimum Gasteiger partial charge on any atom is -0.438 e. The Morgan fingerprint density at radius 1 is 1.62 bits per heavy atom. The van der Waals surface area contributed by atoms with Crippen molar-refractivity contribution in [2.75, 3.05) is 7.05 Å². The summed E-state index contributed by atoms with van der Waals surface area (Å²) in [7, 11) is 3.59. The van der Waals surface area contributed by atoms with Crippen molar-refractivity contribution in [1.29, 1.82) is 0 Å². The second-order valence-corrected chi connectivity index (χ2v) is 2.45. The molecular weight excluding hydrogens is 243 g/mol. The van der Waals surface area contributed by atoms with Gasteiger partial charge in [-0.15, -0.1) is 0 Å². The number of aromatic nitrogens is 4. The summed E-state index contributed by atoms with van der Waals surface area (Å²) in [6, 6.07) is 0. The summed E-state index contributed by atoms with van der Waals surface area (Å²) in [5.74, 6) is 0. The van der Waals surface area contributed by atoms with Crippen molar-refractivity contribution >= 4 is 11.2 Å². The molecule has 2 aromatic heterocycles. The van der Waals surface area contributed by atoms with Gasteiger partial charge in [0.1, 0.15) is 0 Å². The molecule has 2 aromatic rings. The first-order valence-corrected chi connectivity index (χ1v) is 3.53. The topological polar surface area (TPSA) is 58.9 Å². The molecule has 6 heteroatoms. The standard InChI is InChI=1S/C7H8N5.Y/c1-8-6-5-7(10-3-9-6)12(2)4-11-5;/h4H,1-2H3,(H,8,9,10);/q-1;+3. The van der Waals surface area contributed by atoms with Crippen molar-refractivity contribution < 1.29 is 32.7 Å². The number of nitrogens with zero attached hydrogens (tertiary/aromatic N) is 4. The van der Waals surface area contributed by atoms with Crippen molar-refractivity contribution in [1.82, 2.24) is 19.5 Å². The Balaban J connectivity index is 0.000000845. The predicted molar refractivity (Wildman–Crippen MR) is 43.2 cm³/mol. The summed E-state index contributed by atoms with van der Waals surface area (Å²) in [5.41, 5.74) is 2.27. The first-order valence-electron chi connectivity index (χ1n) is 3.53. The Bertz CT molecular complexity index is 469. The first kappa shape index (κ1) is 10.5. The van der Waals surface area contributed by atoms with E-state index in [9.17, 15) is 0 Å². The van der Waals surface area contributed by atoms with E-state index in [0.29, 0.717) is 5.49 Å². The normalized spacial score (nSPS) is 11.7. The number of imidazole rings is 1. The second-order valence-electron chi connectivity index (χ2n) is 2.45. The Labute approximate surface area is 100 Å². The summed E-state index contributed by atoms with van der Waals surface area (Å²) >= 11 is 0. The van der Waals surface area contributed by atoms with Gasteiger partial charge < -0.3 is 19.5 Å². The molecule has 0 aliphatic heterocycles. The molecular formula is C7H8N5Y+2. The van der Waals surface area contributed by atoms with Crippen LogP contribution in [0.1, 0.15) is 0 Å². The maximum Gasteiger partial charge on any atom is 3.00 e. The van der Waals surface area contributed by atoms with Gasteiger partial charge in [-0.25, -0.2) is 0 Å². The summed E-state index contributed by atoms with van der Waals surface area (Å²) < 4.78 is 1.86. The van der Waals surface area contributed by atoms with Crippen LogP contribution in [0, 0.1) is 6.33 Å². The van der Waals surface area contributed by atoms with Gasteiger partial charge in [-0.2, -0.15) is 0 Å². The first-order chi connectivity index (χ1) is 5.83. The smallest absolute Gasteiger partial charge is 0.438 e. The number of aryl methyl sites for hydroxylation is 1. The van der Waals surface area contributed by atoms with Gasteiger partial charge in [0, 0.05) is 31.6 Å². The molecule has 62 valence electrons. The van der Waals surface area contributed by atoms with E-state index in [1.165, 1.54) is 0 Å². The van der Waals surface area contributed by atoms with E-state index in [-0.39, 0.29) is 32.7 Å². The molecule has 0 saturated heterocycles. The molecule has 0 unspecified atom stereocenters. The third-order valence-electron chi connectivity index (χ3n) is 1.70. The predicted octanol–water partition coefficient (Wildman–Crippen LogP) is -0.375. The Morgan fingerprint density at radius 2 is 2.38 bits per heavy atom. The zero-order valence-electron chi connectivity index (χ0n) is 7.44. The van der Waals surface area contributed by atoms with E-state index in [1.807, 2.05) is 11.6 Å². The van der Waals surface area contributed by atoms with E-state index in [4.69, 9.17) is 0 Å². The van der Waals surface area contributed by atoms with Crippen molar-refractivity contribution in [3.63, 3.8) is 0 Å². The van der Waals surface area contributed by atoms with E-state index in [0.717, 1.165) is 11.2 Å². The monoisotopic (exact) mass is 251 g/mol. The van der Waals surface area contributed by atoms with Gasteiger partial charge in [-0.3, -0.25) is 4.98 Å². The van der Waals surface area contributed by atoms with Crippen molar-refractivity contribution in [3.05, 3.63) is 18.1 Å². The van der Waals surface area contributed by atoms with Crippen molar-refractivity contribution in [2.45, 2.75) is 0 Å². The Hall–Kier alpha value is -0.546. The fourth-order valence-corrected chi connectivity index (χ4v) is 1.08. The van der Waals surface area contributed by atoms with Gasteiger partial charge in [0.05, 0.1) is 11.8 Å². The Kier molecular flexibility index (Phi) is 3.33. The fourth-order valence-electron chi connectivity index (χ4n) is 1.08. The molecule has 0 spiro atoms. The van der Waals surface area contributed by atoms with Gasteiger partial charge in [-0.05, 0) is 0 Å². The third kappa shape index (κ3) is 1.71. The van der Waals surface area contributed by atoms with Crippen LogP contribution in [-0.4, -0.2) is 26.6 Å². The molecule has 0 radical (unpaired) electrons. The number of nitrogens with one attached hydrogen (secondary N) is 1. The Morgan fingerprint density at radius 3 is 3.08 bits per heavy atom. The number of H-pyrrole nitrogens is 1. The van der Waals surface area contributed by atoms with Crippen LogP contribution >= 0.6 is 0 Å². The van der Waals surface area contributed by atoms with E-state index in [2.05, 4.69) is 26.3 Å². The molecule has 0 aliphatic rings. The molecule has 0 saturated carbocycles. The zero-order valence-corrected chi connectivity index (χ0v) is 10.3. The molecule has 0 bridgehead atoms. The fraction of sp³-hybridized carbons (Fsp3) is 0.286. The number of aromatic amines is 1. The quantitative estimate of drug-likeness (QED) is 0.649. The molecule has 2 rings (SSSR count). The molecule has 2 heterocycles. The maximum absolute atomic E-state index is 4.14. The minimum atomic E-state index is 0. The van der Waals surface area contributed by atoms with Crippen molar-refractivity contribution in [2.24, 2.45) is 12.0 Å². The average molecular weight is 251 g/mol. The summed E-state index contributed by atoms with van der Waals surface area (Å²) in [5, 5.41) is 0. The van der Waals surface area contributed by atoms with Crippen LogP contribution in [0.2, 0.25) is 0 Å². The summed E-state index contributed by atoms with van der Waals surface area (Å²) in [4.78, 5) is 14.9. The molecule has 0 atom stereocenters. The van der Waals surface area contributed by atoms with Crippen LogP contribution in [0.5, 0.6) is 0 Å². The van der Waals surface area contributed by atoms with Crippen LogP contribution in [0.4, 0.5) is 0 Å². The molecule has 13 heavy (non-hydrogen) atoms. The number of rotatable bonds is 0.